The van der Waals surface area contributed by atoms with Crippen LogP contribution in [0.2, 0.25) is 0 Å². The third-order valence-electron chi connectivity index (χ3n) is 12.0. The van der Waals surface area contributed by atoms with Crippen molar-refractivity contribution < 1.29 is 9.90 Å². The average molecular weight is 565 g/mol. The maximum atomic E-state index is 12.4. The zero-order valence-corrected chi connectivity index (χ0v) is 26.5. The summed E-state index contributed by atoms with van der Waals surface area (Å²) in [4.78, 5) is 12.4. The van der Waals surface area contributed by atoms with Gasteiger partial charge in [0, 0.05) is 12.3 Å². The molecule has 0 heterocycles. The van der Waals surface area contributed by atoms with E-state index >= 15 is 0 Å². The van der Waals surface area contributed by atoms with Gasteiger partial charge in [-0.25, -0.2) is 0 Å². The molecule has 4 unspecified atom stereocenters. The monoisotopic (exact) mass is 564 g/mol. The van der Waals surface area contributed by atoms with Crippen LogP contribution in [-0.4, -0.2) is 33.9 Å². The lowest BCUT2D eigenvalue weighted by molar-refractivity contribution is -0.135. The van der Waals surface area contributed by atoms with E-state index in [0.29, 0.717) is 23.5 Å². The maximum absolute atomic E-state index is 12.4. The van der Waals surface area contributed by atoms with Crippen LogP contribution in [0.5, 0.6) is 0 Å². The largest absolute Gasteiger partial charge is 0.390 e. The number of carbonyl (C=O) groups excluding carboxylic acids is 1. The number of ketones is 1. The Morgan fingerprint density at radius 1 is 0.868 bits per heavy atom. The first-order valence-corrected chi connectivity index (χ1v) is 18.0. The Kier molecular flexibility index (Phi) is 11.2. The Morgan fingerprint density at radius 2 is 1.50 bits per heavy atom. The summed E-state index contributed by atoms with van der Waals surface area (Å²) >= 11 is 7.88. The Morgan fingerprint density at radius 3 is 2.21 bits per heavy atom. The van der Waals surface area contributed by atoms with Crippen LogP contribution >= 0.6 is 23.4 Å². The van der Waals surface area contributed by atoms with Crippen LogP contribution in [-0.2, 0) is 4.79 Å². The van der Waals surface area contributed by atoms with E-state index in [1.165, 1.54) is 101 Å². The predicted molar refractivity (Wildman–Crippen MR) is 165 cm³/mol. The summed E-state index contributed by atoms with van der Waals surface area (Å²) in [5.41, 5.74) is 1.25. The SMILES string of the molecule is C[C@]12CCC(=O)C=C1CC(CCCCCCCCCSCCCCCCl)C1C2CC[C@@]2(C)C1CC[C@]2(C)O. The highest BCUT2D eigenvalue weighted by molar-refractivity contribution is 7.99. The van der Waals surface area contributed by atoms with Crippen molar-refractivity contribution in [1.82, 2.24) is 0 Å². The third-order valence-corrected chi connectivity index (χ3v) is 13.4. The van der Waals surface area contributed by atoms with Crippen LogP contribution in [0.15, 0.2) is 11.6 Å². The molecule has 0 aromatic carbocycles. The van der Waals surface area contributed by atoms with Gasteiger partial charge in [-0.3, -0.25) is 4.79 Å². The number of aliphatic hydroxyl groups is 1. The van der Waals surface area contributed by atoms with Gasteiger partial charge < -0.3 is 5.11 Å². The van der Waals surface area contributed by atoms with Crippen molar-refractivity contribution in [2.45, 2.75) is 142 Å². The number of allylic oxidation sites excluding steroid dienone is 1. The summed E-state index contributed by atoms with van der Waals surface area (Å²) in [6, 6.07) is 0. The number of hydrogen-bond donors (Lipinski definition) is 1. The van der Waals surface area contributed by atoms with Crippen molar-refractivity contribution in [2.24, 2.45) is 34.5 Å². The van der Waals surface area contributed by atoms with Crippen molar-refractivity contribution >= 4 is 29.1 Å². The lowest BCUT2D eigenvalue weighted by atomic mass is 9.44. The number of thioether (sulfide) groups is 1. The first-order chi connectivity index (χ1) is 18.2. The second-order valence-electron chi connectivity index (χ2n) is 14.2. The third kappa shape index (κ3) is 6.73. The normalized spacial score (nSPS) is 38.4. The van der Waals surface area contributed by atoms with Crippen LogP contribution < -0.4 is 0 Å². The fourth-order valence-electron chi connectivity index (χ4n) is 9.32. The summed E-state index contributed by atoms with van der Waals surface area (Å²) in [5, 5.41) is 11.4. The van der Waals surface area contributed by atoms with Crippen LogP contribution in [0, 0.1) is 34.5 Å². The molecule has 3 fully saturated rings. The molecule has 3 saturated carbocycles. The second kappa shape index (κ2) is 13.8. The molecule has 218 valence electrons. The molecule has 4 aliphatic rings. The summed E-state index contributed by atoms with van der Waals surface area (Å²) < 4.78 is 0. The summed E-state index contributed by atoms with van der Waals surface area (Å²) in [7, 11) is 0. The zero-order valence-electron chi connectivity index (χ0n) is 24.9. The Balaban J connectivity index is 1.24. The highest BCUT2D eigenvalue weighted by Gasteiger charge is 2.64. The van der Waals surface area contributed by atoms with E-state index in [9.17, 15) is 9.90 Å². The van der Waals surface area contributed by atoms with Crippen molar-refractivity contribution in [3.8, 4) is 0 Å². The van der Waals surface area contributed by atoms with Crippen molar-refractivity contribution in [1.29, 1.82) is 0 Å². The summed E-state index contributed by atoms with van der Waals surface area (Å²) in [6.07, 6.45) is 24.3. The number of carbonyl (C=O) groups is 1. The molecular formula is C34H57ClO2S. The van der Waals surface area contributed by atoms with Gasteiger partial charge in [0.2, 0.25) is 0 Å². The van der Waals surface area contributed by atoms with E-state index in [0.717, 1.165) is 43.9 Å². The van der Waals surface area contributed by atoms with Gasteiger partial charge in [0.25, 0.3) is 0 Å². The minimum absolute atomic E-state index is 0.0664. The smallest absolute Gasteiger partial charge is 0.155 e. The quantitative estimate of drug-likeness (QED) is 0.159. The zero-order chi connectivity index (χ0) is 27.2. The van der Waals surface area contributed by atoms with E-state index in [-0.39, 0.29) is 10.8 Å². The van der Waals surface area contributed by atoms with E-state index in [1.807, 2.05) is 0 Å². The summed E-state index contributed by atoms with van der Waals surface area (Å²) in [6.45, 7) is 7.03. The molecule has 0 spiro atoms. The Bertz CT molecular complexity index is 808. The number of alkyl halides is 1. The van der Waals surface area contributed by atoms with Crippen LogP contribution in [0.1, 0.15) is 136 Å². The topological polar surface area (TPSA) is 37.3 Å². The van der Waals surface area contributed by atoms with Gasteiger partial charge in [-0.2, -0.15) is 11.8 Å². The first-order valence-electron chi connectivity index (χ1n) is 16.3. The molecule has 4 aliphatic carbocycles. The molecule has 4 rings (SSSR count). The standard InChI is InChI=1S/C34H57ClO2S/c1-32-18-15-28(36)25-27(32)24-26(31-29(32)16-19-33(2)30(31)17-20-34(33,3)37)14-10-7-5-4-6-8-12-22-38-23-13-9-11-21-35/h25-26,29-31,37H,4-24H2,1-3H3/t26?,29?,30?,31?,32-,33-,34-/m0/s1. The van der Waals surface area contributed by atoms with Crippen LogP contribution in [0.4, 0.5) is 0 Å². The fraction of sp³-hybridized carbons (Fsp3) is 0.912. The van der Waals surface area contributed by atoms with Gasteiger partial charge in [0.05, 0.1) is 5.60 Å². The maximum Gasteiger partial charge on any atom is 0.155 e. The minimum atomic E-state index is -0.518. The number of hydrogen-bond acceptors (Lipinski definition) is 3. The Labute approximate surface area is 243 Å². The van der Waals surface area contributed by atoms with Gasteiger partial charge in [0.1, 0.15) is 0 Å². The second-order valence-corrected chi connectivity index (χ2v) is 15.8. The molecule has 0 bridgehead atoms. The highest BCUT2D eigenvalue weighted by atomic mass is 35.5. The number of fused-ring (bicyclic) bond motifs is 5. The van der Waals surface area contributed by atoms with Crippen LogP contribution in [0.25, 0.3) is 0 Å². The number of unbranched alkanes of at least 4 members (excludes halogenated alkanes) is 8. The van der Waals surface area contributed by atoms with E-state index in [1.54, 1.807) is 0 Å². The molecule has 7 atom stereocenters. The van der Waals surface area contributed by atoms with E-state index in [4.69, 9.17) is 11.6 Å². The Hall–Kier alpha value is 0.01000. The lowest BCUT2D eigenvalue weighted by Crippen LogP contribution is -2.56. The summed E-state index contributed by atoms with van der Waals surface area (Å²) in [5.74, 6) is 6.59. The molecule has 4 heteroatoms. The molecule has 0 aromatic heterocycles. The van der Waals surface area contributed by atoms with Crippen LogP contribution in [0.3, 0.4) is 0 Å². The van der Waals surface area contributed by atoms with Gasteiger partial charge in [-0.1, -0.05) is 64.4 Å². The molecule has 0 amide bonds. The first kappa shape index (κ1) is 31.0. The highest BCUT2D eigenvalue weighted by Crippen LogP contribution is 2.69. The van der Waals surface area contributed by atoms with E-state index in [2.05, 4.69) is 38.6 Å². The molecular weight excluding hydrogens is 508 g/mol. The van der Waals surface area contributed by atoms with Gasteiger partial charge >= 0.3 is 0 Å². The lowest BCUT2D eigenvalue weighted by Gasteiger charge is -2.61. The van der Waals surface area contributed by atoms with Crippen molar-refractivity contribution in [2.75, 3.05) is 17.4 Å². The molecule has 0 saturated heterocycles. The van der Waals surface area contributed by atoms with E-state index < -0.39 is 5.60 Å². The fourth-order valence-corrected chi connectivity index (χ4v) is 10.5. The van der Waals surface area contributed by atoms with Gasteiger partial charge in [-0.05, 0) is 123 Å². The van der Waals surface area contributed by atoms with Gasteiger partial charge in [-0.15, -0.1) is 11.6 Å². The molecule has 0 radical (unpaired) electrons. The molecule has 38 heavy (non-hydrogen) atoms. The van der Waals surface area contributed by atoms with Gasteiger partial charge in [0.15, 0.2) is 5.78 Å². The van der Waals surface area contributed by atoms with Crippen molar-refractivity contribution in [3.05, 3.63) is 11.6 Å². The molecule has 0 aliphatic heterocycles. The molecule has 0 aromatic rings. The molecule has 1 N–H and O–H groups in total. The molecule has 2 nitrogen and oxygen atoms in total. The number of rotatable bonds is 15. The average Bonchev–Trinajstić information content (AvgIpc) is 3.13. The minimum Gasteiger partial charge on any atom is -0.390 e. The number of halogens is 1. The predicted octanol–water partition coefficient (Wildman–Crippen LogP) is 9.76. The van der Waals surface area contributed by atoms with Crippen molar-refractivity contribution in [3.63, 3.8) is 0 Å².